The Morgan fingerprint density at radius 2 is 1.87 bits per heavy atom. The molecule has 3 saturated carbocycles. The summed E-state index contributed by atoms with van der Waals surface area (Å²) in [7, 11) is 0. The minimum absolute atomic E-state index is 0.144. The number of nitrogens with one attached hydrogen (secondary N) is 1. The van der Waals surface area contributed by atoms with E-state index in [0.717, 1.165) is 23.7 Å². The van der Waals surface area contributed by atoms with Crippen LogP contribution in [-0.2, 0) is 4.79 Å². The molecule has 2 N–H and O–H groups in total. The van der Waals surface area contributed by atoms with Gasteiger partial charge < -0.3 is 10.4 Å². The highest BCUT2D eigenvalue weighted by atomic mass is 16.4. The number of carboxylic acid groups (broad SMARTS) is 1. The molecule has 5 unspecified atom stereocenters. The van der Waals surface area contributed by atoms with Gasteiger partial charge in [-0.15, -0.1) is 0 Å². The minimum Gasteiger partial charge on any atom is -0.480 e. The van der Waals surface area contributed by atoms with E-state index in [1.165, 1.54) is 32.1 Å². The van der Waals surface area contributed by atoms with Gasteiger partial charge in [-0.25, -0.2) is 0 Å². The molecule has 0 radical (unpaired) electrons. The van der Waals surface area contributed by atoms with E-state index in [1.54, 1.807) is 0 Å². The van der Waals surface area contributed by atoms with Gasteiger partial charge in [0.05, 0.1) is 6.54 Å². The van der Waals surface area contributed by atoms with Crippen molar-refractivity contribution >= 4 is 5.97 Å². The minimum atomic E-state index is -0.720. The summed E-state index contributed by atoms with van der Waals surface area (Å²) >= 11 is 0. The normalized spacial score (nSPS) is 47.1. The highest BCUT2D eigenvalue weighted by Crippen LogP contribution is 2.54. The molecule has 3 fully saturated rings. The van der Waals surface area contributed by atoms with E-state index in [0.29, 0.717) is 6.04 Å². The summed E-state index contributed by atoms with van der Waals surface area (Å²) in [5.41, 5.74) is 0. The number of fused-ring (bicyclic) bond motifs is 2. The molecule has 3 heteroatoms. The van der Waals surface area contributed by atoms with E-state index in [1.807, 2.05) is 0 Å². The van der Waals surface area contributed by atoms with Gasteiger partial charge in [-0.1, -0.05) is 0 Å². The second-order valence-corrected chi connectivity index (χ2v) is 5.72. The van der Waals surface area contributed by atoms with Crippen molar-refractivity contribution in [1.29, 1.82) is 0 Å². The first-order chi connectivity index (χ1) is 7.22. The standard InChI is InChI=1S/C12H19NO2/c14-12(15)6-13-11-5-8-1-7-2-9(3-8)10(11)4-7/h7-11,13H,1-6H2,(H,14,15). The lowest BCUT2D eigenvalue weighted by molar-refractivity contribution is -0.136. The Hall–Kier alpha value is -0.570. The average molecular weight is 209 g/mol. The maximum Gasteiger partial charge on any atom is 0.317 e. The number of carbonyl (C=O) groups is 1. The summed E-state index contributed by atoms with van der Waals surface area (Å²) < 4.78 is 0. The molecule has 3 nitrogen and oxygen atoms in total. The van der Waals surface area contributed by atoms with Crippen LogP contribution in [0.4, 0.5) is 0 Å². The highest BCUT2D eigenvalue weighted by molar-refractivity contribution is 5.69. The van der Waals surface area contributed by atoms with E-state index in [2.05, 4.69) is 5.32 Å². The summed E-state index contributed by atoms with van der Waals surface area (Å²) in [6.45, 7) is 0.144. The number of rotatable bonds is 3. The number of hydrogen-bond donors (Lipinski definition) is 2. The van der Waals surface area contributed by atoms with Crippen LogP contribution in [0.15, 0.2) is 0 Å². The Bertz CT molecular complexity index is 277. The van der Waals surface area contributed by atoms with E-state index in [-0.39, 0.29) is 6.54 Å². The van der Waals surface area contributed by atoms with Gasteiger partial charge in [0, 0.05) is 6.04 Å². The van der Waals surface area contributed by atoms with Gasteiger partial charge in [-0.3, -0.25) is 4.79 Å². The Kier molecular flexibility index (Phi) is 2.23. The maximum absolute atomic E-state index is 10.6. The van der Waals surface area contributed by atoms with Crippen molar-refractivity contribution < 1.29 is 9.90 Å². The lowest BCUT2D eigenvalue weighted by Crippen LogP contribution is -2.45. The van der Waals surface area contributed by atoms with Crippen LogP contribution >= 0.6 is 0 Å². The second kappa shape index (κ2) is 3.48. The molecule has 0 aliphatic heterocycles. The van der Waals surface area contributed by atoms with E-state index < -0.39 is 5.97 Å². The summed E-state index contributed by atoms with van der Waals surface area (Å²) in [4.78, 5) is 10.6. The smallest absolute Gasteiger partial charge is 0.317 e. The SMILES string of the molecule is O=C(O)CNC1CC2CC3CC(C2)C1C3. The van der Waals surface area contributed by atoms with Gasteiger partial charge in [0.15, 0.2) is 0 Å². The topological polar surface area (TPSA) is 49.3 Å². The third kappa shape index (κ3) is 1.67. The van der Waals surface area contributed by atoms with Crippen molar-refractivity contribution in [3.63, 3.8) is 0 Å². The zero-order valence-corrected chi connectivity index (χ0v) is 8.98. The van der Waals surface area contributed by atoms with E-state index in [9.17, 15) is 4.79 Å². The van der Waals surface area contributed by atoms with Crippen LogP contribution in [0, 0.1) is 23.7 Å². The quantitative estimate of drug-likeness (QED) is 0.740. The van der Waals surface area contributed by atoms with Gasteiger partial charge >= 0.3 is 5.97 Å². The van der Waals surface area contributed by atoms with Gasteiger partial charge in [-0.2, -0.15) is 0 Å². The lowest BCUT2D eigenvalue weighted by Gasteiger charge is -2.39. The van der Waals surface area contributed by atoms with Crippen LogP contribution in [0.3, 0.4) is 0 Å². The van der Waals surface area contributed by atoms with Crippen LogP contribution in [-0.4, -0.2) is 23.7 Å². The molecule has 0 heterocycles. The van der Waals surface area contributed by atoms with Crippen molar-refractivity contribution in [2.75, 3.05) is 6.54 Å². The van der Waals surface area contributed by atoms with Crippen LogP contribution in [0.5, 0.6) is 0 Å². The zero-order chi connectivity index (χ0) is 10.4. The molecule has 15 heavy (non-hydrogen) atoms. The van der Waals surface area contributed by atoms with E-state index >= 15 is 0 Å². The fourth-order valence-corrected chi connectivity index (χ4v) is 4.41. The van der Waals surface area contributed by atoms with Crippen molar-refractivity contribution in [3.8, 4) is 0 Å². The molecule has 84 valence electrons. The highest BCUT2D eigenvalue weighted by Gasteiger charge is 2.48. The monoisotopic (exact) mass is 209 g/mol. The Morgan fingerprint density at radius 1 is 1.13 bits per heavy atom. The number of hydrogen-bond acceptors (Lipinski definition) is 2. The van der Waals surface area contributed by atoms with Crippen molar-refractivity contribution in [2.24, 2.45) is 23.7 Å². The Morgan fingerprint density at radius 3 is 2.60 bits per heavy atom. The molecular formula is C12H19NO2. The predicted octanol–water partition coefficient (Wildman–Crippen LogP) is 1.49. The molecule has 0 aromatic rings. The molecule has 3 aliphatic carbocycles. The first-order valence-corrected chi connectivity index (χ1v) is 6.17. The largest absolute Gasteiger partial charge is 0.480 e. The number of carboxylic acids is 1. The summed E-state index contributed by atoms with van der Waals surface area (Å²) in [6, 6.07) is 0.498. The lowest BCUT2D eigenvalue weighted by atomic mass is 9.70. The fraction of sp³-hybridized carbons (Fsp3) is 0.917. The van der Waals surface area contributed by atoms with E-state index in [4.69, 9.17) is 5.11 Å². The van der Waals surface area contributed by atoms with Gasteiger partial charge in [0.2, 0.25) is 0 Å². The fourth-order valence-electron chi connectivity index (χ4n) is 4.41. The summed E-state index contributed by atoms with van der Waals surface area (Å²) in [5, 5.41) is 11.9. The van der Waals surface area contributed by atoms with Crippen LogP contribution in [0.1, 0.15) is 32.1 Å². The molecule has 5 atom stereocenters. The molecule has 0 aromatic carbocycles. The van der Waals surface area contributed by atoms with Crippen molar-refractivity contribution in [2.45, 2.75) is 38.1 Å². The number of aliphatic carboxylic acids is 1. The Balaban J connectivity index is 1.68. The molecule has 3 bridgehead atoms. The molecule has 0 amide bonds. The van der Waals surface area contributed by atoms with Crippen LogP contribution in [0.25, 0.3) is 0 Å². The third-order valence-corrected chi connectivity index (χ3v) is 4.77. The van der Waals surface area contributed by atoms with Gasteiger partial charge in [0.1, 0.15) is 0 Å². The molecule has 0 spiro atoms. The Labute approximate surface area is 90.2 Å². The molecule has 0 saturated heterocycles. The van der Waals surface area contributed by atoms with Crippen LogP contribution < -0.4 is 5.32 Å². The van der Waals surface area contributed by atoms with Gasteiger partial charge in [-0.05, 0) is 55.8 Å². The van der Waals surface area contributed by atoms with Crippen LogP contribution in [0.2, 0.25) is 0 Å². The second-order valence-electron chi connectivity index (χ2n) is 5.72. The first-order valence-electron chi connectivity index (χ1n) is 6.17. The van der Waals surface area contributed by atoms with Gasteiger partial charge in [0.25, 0.3) is 0 Å². The average Bonchev–Trinajstić information content (AvgIpc) is 2.40. The summed E-state index contributed by atoms with van der Waals surface area (Å²) in [6.07, 6.45) is 6.85. The van der Waals surface area contributed by atoms with Crippen molar-refractivity contribution in [1.82, 2.24) is 5.32 Å². The summed E-state index contributed by atoms with van der Waals surface area (Å²) in [5.74, 6) is 2.83. The van der Waals surface area contributed by atoms with Crippen molar-refractivity contribution in [3.05, 3.63) is 0 Å². The molecule has 3 rings (SSSR count). The molecule has 3 aliphatic rings. The predicted molar refractivity (Wildman–Crippen MR) is 56.5 cm³/mol. The first kappa shape index (κ1) is 9.64. The third-order valence-electron chi connectivity index (χ3n) is 4.77. The molecular weight excluding hydrogens is 190 g/mol. The maximum atomic E-state index is 10.6. The zero-order valence-electron chi connectivity index (χ0n) is 8.98. The molecule has 0 aromatic heterocycles.